The number of rotatable bonds is 2. The normalized spacial score (nSPS) is 26.4. The third-order valence-electron chi connectivity index (χ3n) is 3.91. The van der Waals surface area contributed by atoms with E-state index in [0.29, 0.717) is 12.0 Å². The molecule has 0 bridgehead atoms. The van der Waals surface area contributed by atoms with E-state index >= 15 is 0 Å². The largest absolute Gasteiger partial charge is 0.327 e. The average molecular weight is 273 g/mol. The molecule has 2 nitrogen and oxygen atoms in total. The molecule has 3 atom stereocenters. The number of hydrogen-bond donors (Lipinski definition) is 1. The van der Waals surface area contributed by atoms with Crippen molar-refractivity contribution in [3.8, 4) is 0 Å². The van der Waals surface area contributed by atoms with E-state index in [9.17, 15) is 4.39 Å². The number of nitrogens with two attached hydrogens (primary N) is 1. The van der Waals surface area contributed by atoms with Gasteiger partial charge in [-0.05, 0) is 25.3 Å². The second kappa shape index (κ2) is 6.50. The Balaban J connectivity index is 0.00000162. The lowest BCUT2D eigenvalue weighted by atomic mass is 9.92. The highest BCUT2D eigenvalue weighted by Gasteiger charge is 2.27. The van der Waals surface area contributed by atoms with Gasteiger partial charge in [0, 0.05) is 30.7 Å². The molecular formula is C14H22ClFN2. The summed E-state index contributed by atoms with van der Waals surface area (Å²) in [5.74, 6) is 0.375. The second-order valence-corrected chi connectivity index (χ2v) is 5.12. The molecule has 18 heavy (non-hydrogen) atoms. The van der Waals surface area contributed by atoms with Crippen LogP contribution in [0.4, 0.5) is 4.39 Å². The Bertz CT molecular complexity index is 386. The van der Waals surface area contributed by atoms with Crippen LogP contribution in [-0.4, -0.2) is 24.0 Å². The van der Waals surface area contributed by atoms with Gasteiger partial charge in [-0.25, -0.2) is 4.39 Å². The van der Waals surface area contributed by atoms with Crippen molar-refractivity contribution in [2.75, 3.05) is 13.1 Å². The molecule has 0 amide bonds. The first kappa shape index (κ1) is 15.4. The number of piperidine rings is 1. The molecule has 1 aromatic carbocycles. The zero-order valence-electron chi connectivity index (χ0n) is 11.0. The van der Waals surface area contributed by atoms with Crippen molar-refractivity contribution in [3.05, 3.63) is 35.6 Å². The Morgan fingerprint density at radius 1 is 1.39 bits per heavy atom. The third-order valence-corrected chi connectivity index (χ3v) is 3.91. The molecule has 1 saturated heterocycles. The average Bonchev–Trinajstić information content (AvgIpc) is 2.32. The molecule has 2 N–H and O–H groups in total. The van der Waals surface area contributed by atoms with E-state index in [0.717, 1.165) is 25.1 Å². The molecule has 1 fully saturated rings. The summed E-state index contributed by atoms with van der Waals surface area (Å²) in [5, 5.41) is 0. The van der Waals surface area contributed by atoms with Gasteiger partial charge in [0.05, 0.1) is 0 Å². The highest BCUT2D eigenvalue weighted by molar-refractivity contribution is 5.85. The van der Waals surface area contributed by atoms with Gasteiger partial charge in [-0.3, -0.25) is 4.90 Å². The van der Waals surface area contributed by atoms with Crippen LogP contribution >= 0.6 is 12.4 Å². The first-order chi connectivity index (χ1) is 8.09. The molecule has 1 aromatic rings. The first-order valence-electron chi connectivity index (χ1n) is 6.33. The molecule has 1 aliphatic heterocycles. The van der Waals surface area contributed by atoms with E-state index < -0.39 is 0 Å². The summed E-state index contributed by atoms with van der Waals surface area (Å²) in [7, 11) is 0. The maximum absolute atomic E-state index is 13.7. The standard InChI is InChI=1S/C14H21FN2.ClH/c1-10-9-17(8-7-14(10)16)11(2)12-5-3-4-6-13(12)15;/h3-6,10-11,14H,7-9,16H2,1-2H3;1H. The SMILES string of the molecule is CC1CN(C(C)c2ccccc2F)CCC1N.Cl. The highest BCUT2D eigenvalue weighted by atomic mass is 35.5. The minimum atomic E-state index is -0.109. The topological polar surface area (TPSA) is 29.3 Å². The monoisotopic (exact) mass is 272 g/mol. The van der Waals surface area contributed by atoms with Crippen molar-refractivity contribution >= 4 is 12.4 Å². The summed E-state index contributed by atoms with van der Waals surface area (Å²) in [4.78, 5) is 2.33. The number of benzene rings is 1. The van der Waals surface area contributed by atoms with Crippen molar-refractivity contribution in [1.29, 1.82) is 0 Å². The molecule has 3 unspecified atom stereocenters. The van der Waals surface area contributed by atoms with Crippen LogP contribution in [0.15, 0.2) is 24.3 Å². The van der Waals surface area contributed by atoms with Gasteiger partial charge < -0.3 is 5.73 Å². The summed E-state index contributed by atoms with van der Waals surface area (Å²) in [6.07, 6.45) is 1.000. The minimum absolute atomic E-state index is 0. The van der Waals surface area contributed by atoms with E-state index in [-0.39, 0.29) is 24.3 Å². The highest BCUT2D eigenvalue weighted by Crippen LogP contribution is 2.27. The number of nitrogens with zero attached hydrogens (tertiary/aromatic N) is 1. The Labute approximate surface area is 115 Å². The van der Waals surface area contributed by atoms with E-state index in [1.54, 1.807) is 6.07 Å². The van der Waals surface area contributed by atoms with E-state index in [1.165, 1.54) is 6.07 Å². The van der Waals surface area contributed by atoms with Crippen LogP contribution in [0.1, 0.15) is 31.9 Å². The van der Waals surface area contributed by atoms with Crippen LogP contribution in [0.2, 0.25) is 0 Å². The van der Waals surface area contributed by atoms with Crippen LogP contribution in [0.5, 0.6) is 0 Å². The van der Waals surface area contributed by atoms with Crippen LogP contribution in [0.3, 0.4) is 0 Å². The second-order valence-electron chi connectivity index (χ2n) is 5.12. The van der Waals surface area contributed by atoms with Gasteiger partial charge in [0.15, 0.2) is 0 Å². The third kappa shape index (κ3) is 3.22. The Morgan fingerprint density at radius 3 is 2.67 bits per heavy atom. The Kier molecular flexibility index (Phi) is 5.57. The van der Waals surface area contributed by atoms with Crippen molar-refractivity contribution in [3.63, 3.8) is 0 Å². The molecule has 0 aromatic heterocycles. The Hall–Kier alpha value is -0.640. The fraction of sp³-hybridized carbons (Fsp3) is 0.571. The molecule has 0 spiro atoms. The maximum Gasteiger partial charge on any atom is 0.127 e. The lowest BCUT2D eigenvalue weighted by Gasteiger charge is -2.38. The molecule has 102 valence electrons. The quantitative estimate of drug-likeness (QED) is 0.897. The van der Waals surface area contributed by atoms with Crippen molar-refractivity contribution < 1.29 is 4.39 Å². The van der Waals surface area contributed by atoms with Crippen LogP contribution < -0.4 is 5.73 Å². The van der Waals surface area contributed by atoms with E-state index in [4.69, 9.17) is 5.73 Å². The van der Waals surface area contributed by atoms with Crippen LogP contribution in [-0.2, 0) is 0 Å². The summed E-state index contributed by atoms with van der Waals surface area (Å²) >= 11 is 0. The maximum atomic E-state index is 13.7. The van der Waals surface area contributed by atoms with Crippen molar-refractivity contribution in [2.24, 2.45) is 11.7 Å². The smallest absolute Gasteiger partial charge is 0.127 e. The zero-order valence-corrected chi connectivity index (χ0v) is 11.8. The van der Waals surface area contributed by atoms with Crippen LogP contribution in [0, 0.1) is 11.7 Å². The van der Waals surface area contributed by atoms with Crippen molar-refractivity contribution in [2.45, 2.75) is 32.4 Å². The van der Waals surface area contributed by atoms with Gasteiger partial charge in [0.2, 0.25) is 0 Å². The van der Waals surface area contributed by atoms with Gasteiger partial charge in [-0.1, -0.05) is 25.1 Å². The van der Waals surface area contributed by atoms with Gasteiger partial charge in [-0.2, -0.15) is 0 Å². The predicted molar refractivity (Wildman–Crippen MR) is 75.4 cm³/mol. The fourth-order valence-corrected chi connectivity index (χ4v) is 2.56. The van der Waals surface area contributed by atoms with Crippen LogP contribution in [0.25, 0.3) is 0 Å². The lowest BCUT2D eigenvalue weighted by Crippen LogP contribution is -2.46. The van der Waals surface area contributed by atoms with Gasteiger partial charge in [0.1, 0.15) is 5.82 Å². The molecule has 1 aliphatic rings. The van der Waals surface area contributed by atoms with Crippen molar-refractivity contribution in [1.82, 2.24) is 4.90 Å². The predicted octanol–water partition coefficient (Wildman–Crippen LogP) is 2.98. The summed E-state index contributed by atoms with van der Waals surface area (Å²) in [6.45, 7) is 6.16. The van der Waals surface area contributed by atoms with Gasteiger partial charge >= 0.3 is 0 Å². The van der Waals surface area contributed by atoms with Gasteiger partial charge in [0.25, 0.3) is 0 Å². The summed E-state index contributed by atoms with van der Waals surface area (Å²) < 4.78 is 13.7. The molecular weight excluding hydrogens is 251 g/mol. The summed E-state index contributed by atoms with van der Waals surface area (Å²) in [5.41, 5.74) is 6.80. The molecule has 0 radical (unpaired) electrons. The first-order valence-corrected chi connectivity index (χ1v) is 6.33. The minimum Gasteiger partial charge on any atom is -0.327 e. The number of halogens is 2. The molecule has 0 saturated carbocycles. The molecule has 0 aliphatic carbocycles. The summed E-state index contributed by atoms with van der Waals surface area (Å²) in [6, 6.07) is 7.46. The van der Waals surface area contributed by atoms with E-state index in [2.05, 4.69) is 18.7 Å². The molecule has 2 rings (SSSR count). The van der Waals surface area contributed by atoms with Gasteiger partial charge in [-0.15, -0.1) is 12.4 Å². The number of hydrogen-bond acceptors (Lipinski definition) is 2. The molecule has 1 heterocycles. The molecule has 4 heteroatoms. The van der Waals surface area contributed by atoms with E-state index in [1.807, 2.05) is 12.1 Å². The zero-order chi connectivity index (χ0) is 12.4. The number of likely N-dealkylation sites (tertiary alicyclic amines) is 1. The Morgan fingerprint density at radius 2 is 2.06 bits per heavy atom. The fourth-order valence-electron chi connectivity index (χ4n) is 2.56. The lowest BCUT2D eigenvalue weighted by molar-refractivity contribution is 0.122.